The molecule has 105 valence electrons. The van der Waals surface area contributed by atoms with Crippen LogP contribution in [0.4, 0.5) is 5.82 Å². The molecule has 6 nitrogen and oxygen atoms in total. The summed E-state index contributed by atoms with van der Waals surface area (Å²) in [5.41, 5.74) is 1.10. The third-order valence-electron chi connectivity index (χ3n) is 3.36. The van der Waals surface area contributed by atoms with E-state index < -0.39 is 0 Å². The van der Waals surface area contributed by atoms with Crippen LogP contribution in [-0.4, -0.2) is 26.3 Å². The zero-order chi connectivity index (χ0) is 13.9. The Kier molecular flexibility index (Phi) is 3.77. The van der Waals surface area contributed by atoms with Crippen LogP contribution < -0.4 is 5.32 Å². The molecule has 3 rings (SSSR count). The van der Waals surface area contributed by atoms with E-state index in [0.717, 1.165) is 35.0 Å². The number of aromatic amines is 1. The van der Waals surface area contributed by atoms with Gasteiger partial charge >= 0.3 is 0 Å². The maximum absolute atomic E-state index is 11.9. The van der Waals surface area contributed by atoms with Gasteiger partial charge in [0, 0.05) is 17.7 Å². The van der Waals surface area contributed by atoms with Crippen molar-refractivity contribution < 1.29 is 4.79 Å². The van der Waals surface area contributed by atoms with Gasteiger partial charge in [-0.25, -0.2) is 0 Å². The molecular weight excluding hydrogens is 274 g/mol. The lowest BCUT2D eigenvalue weighted by Crippen LogP contribution is -2.14. The highest BCUT2D eigenvalue weighted by atomic mass is 32.1. The lowest BCUT2D eigenvalue weighted by Gasteiger charge is -2.03. The van der Waals surface area contributed by atoms with Crippen molar-refractivity contribution in [3.05, 3.63) is 28.2 Å². The fourth-order valence-corrected chi connectivity index (χ4v) is 3.09. The fourth-order valence-electron chi connectivity index (χ4n) is 2.38. The molecule has 2 aromatic rings. The first-order valence-corrected chi connectivity index (χ1v) is 7.48. The molecule has 20 heavy (non-hydrogen) atoms. The third-order valence-corrected chi connectivity index (χ3v) is 4.19. The van der Waals surface area contributed by atoms with Crippen LogP contribution in [0.2, 0.25) is 0 Å². The van der Waals surface area contributed by atoms with Crippen molar-refractivity contribution in [2.45, 2.75) is 38.5 Å². The second-order valence-corrected chi connectivity index (χ2v) is 6.21. The van der Waals surface area contributed by atoms with Gasteiger partial charge in [0.25, 0.3) is 0 Å². The van der Waals surface area contributed by atoms with Crippen LogP contribution in [0.1, 0.15) is 40.9 Å². The van der Waals surface area contributed by atoms with E-state index in [4.69, 9.17) is 0 Å². The Bertz CT molecular complexity index is 599. The molecule has 7 heteroatoms. The molecule has 1 aliphatic rings. The topological polar surface area (TPSA) is 83.6 Å². The maximum atomic E-state index is 11.9. The normalized spacial score (nSPS) is 15.7. The van der Waals surface area contributed by atoms with Gasteiger partial charge < -0.3 is 5.32 Å². The van der Waals surface area contributed by atoms with Crippen LogP contribution in [0.5, 0.6) is 0 Å². The van der Waals surface area contributed by atoms with E-state index in [1.807, 2.05) is 13.0 Å². The fraction of sp³-hybridized carbons (Fsp3) is 0.462. The molecule has 0 unspecified atom stereocenters. The van der Waals surface area contributed by atoms with Gasteiger partial charge in [0.15, 0.2) is 5.82 Å². The summed E-state index contributed by atoms with van der Waals surface area (Å²) >= 11 is 1.44. The number of anilines is 1. The Balaban J connectivity index is 1.58. The number of hydrogen-bond donors (Lipinski definition) is 2. The number of hydrogen-bond acceptors (Lipinski definition) is 5. The molecule has 0 bridgehead atoms. The number of H-pyrrole nitrogens is 1. The van der Waals surface area contributed by atoms with E-state index in [2.05, 4.69) is 32.1 Å². The van der Waals surface area contributed by atoms with Crippen LogP contribution >= 0.6 is 11.3 Å². The largest absolute Gasteiger partial charge is 0.309 e. The van der Waals surface area contributed by atoms with E-state index in [1.165, 1.54) is 11.3 Å². The SMILES string of the molecule is Cc1nnc(CC(=O)Nc2cc([C@H]3C[CH]CC3)[nH]n2)s1. The van der Waals surface area contributed by atoms with Crippen molar-refractivity contribution in [1.29, 1.82) is 0 Å². The standard InChI is InChI=1S/C13H16N5OS/c1-8-15-18-13(20-8)7-12(19)14-11-6-10(16-17-11)9-4-2-3-5-9/h2,6,9H,3-5,7H2,1H3,(H2,14,16,17,19)/t9-/m0/s1. The Morgan fingerprint density at radius 2 is 2.45 bits per heavy atom. The second kappa shape index (κ2) is 5.70. The molecule has 2 N–H and O–H groups in total. The zero-order valence-corrected chi connectivity index (χ0v) is 12.0. The average Bonchev–Trinajstić information content (AvgIpc) is 3.10. The van der Waals surface area contributed by atoms with Gasteiger partial charge in [-0.1, -0.05) is 0 Å². The molecule has 1 fully saturated rings. The van der Waals surface area contributed by atoms with Crippen LogP contribution in [-0.2, 0) is 11.2 Å². The zero-order valence-electron chi connectivity index (χ0n) is 11.2. The summed E-state index contributed by atoms with van der Waals surface area (Å²) in [6.45, 7) is 1.87. The molecule has 1 atom stereocenters. The van der Waals surface area contributed by atoms with Crippen molar-refractivity contribution in [2.75, 3.05) is 5.32 Å². The molecule has 1 radical (unpaired) electrons. The van der Waals surface area contributed by atoms with Gasteiger partial charge in [0.05, 0.1) is 6.42 Å². The average molecular weight is 290 g/mol. The highest BCUT2D eigenvalue weighted by Crippen LogP contribution is 2.32. The first kappa shape index (κ1) is 13.2. The molecule has 0 aromatic carbocycles. The van der Waals surface area contributed by atoms with Gasteiger partial charge in [-0.15, -0.1) is 21.5 Å². The Morgan fingerprint density at radius 3 is 3.15 bits per heavy atom. The molecule has 0 saturated heterocycles. The van der Waals surface area contributed by atoms with E-state index in [1.54, 1.807) is 0 Å². The summed E-state index contributed by atoms with van der Waals surface area (Å²) in [6.07, 6.45) is 5.92. The van der Waals surface area contributed by atoms with Crippen molar-refractivity contribution in [3.63, 3.8) is 0 Å². The van der Waals surface area contributed by atoms with Gasteiger partial charge in [0.2, 0.25) is 5.91 Å². The van der Waals surface area contributed by atoms with Crippen molar-refractivity contribution in [1.82, 2.24) is 20.4 Å². The molecule has 0 spiro atoms. The second-order valence-electron chi connectivity index (χ2n) is 4.95. The number of rotatable bonds is 4. The summed E-state index contributed by atoms with van der Waals surface area (Å²) in [6, 6.07) is 1.92. The third kappa shape index (κ3) is 3.04. The van der Waals surface area contributed by atoms with Gasteiger partial charge in [-0.05, 0) is 32.6 Å². The van der Waals surface area contributed by atoms with Crippen molar-refractivity contribution in [2.24, 2.45) is 0 Å². The van der Waals surface area contributed by atoms with Gasteiger partial charge in [0.1, 0.15) is 10.0 Å². The number of carbonyl (C=O) groups is 1. The van der Waals surface area contributed by atoms with Crippen molar-refractivity contribution >= 4 is 23.1 Å². The summed E-state index contributed by atoms with van der Waals surface area (Å²) < 4.78 is 0. The molecule has 0 aliphatic heterocycles. The smallest absolute Gasteiger partial charge is 0.232 e. The molecule has 2 aromatic heterocycles. The van der Waals surface area contributed by atoms with E-state index in [0.29, 0.717) is 11.7 Å². The van der Waals surface area contributed by atoms with E-state index in [-0.39, 0.29) is 12.3 Å². The molecule has 1 aliphatic carbocycles. The predicted molar refractivity (Wildman–Crippen MR) is 76.5 cm³/mol. The number of nitrogens with zero attached hydrogens (tertiary/aromatic N) is 3. The lowest BCUT2D eigenvalue weighted by molar-refractivity contribution is -0.115. The maximum Gasteiger partial charge on any atom is 0.232 e. The highest BCUT2D eigenvalue weighted by molar-refractivity contribution is 7.11. The number of amides is 1. The molecule has 2 heterocycles. The Labute approximate surface area is 121 Å². The summed E-state index contributed by atoms with van der Waals surface area (Å²) in [4.78, 5) is 11.9. The van der Waals surface area contributed by atoms with Crippen LogP contribution in [0.15, 0.2) is 6.07 Å². The lowest BCUT2D eigenvalue weighted by atomic mass is 10.0. The Hall–Kier alpha value is -1.76. The van der Waals surface area contributed by atoms with Gasteiger partial charge in [-0.2, -0.15) is 5.10 Å². The number of carbonyl (C=O) groups excluding carboxylic acids is 1. The number of aryl methyl sites for hydroxylation is 1. The molecular formula is C13H16N5OS. The summed E-state index contributed by atoms with van der Waals surface area (Å²) in [5, 5.41) is 19.4. The summed E-state index contributed by atoms with van der Waals surface area (Å²) in [5.74, 6) is 0.981. The quantitative estimate of drug-likeness (QED) is 0.904. The van der Waals surface area contributed by atoms with Crippen LogP contribution in [0.25, 0.3) is 0 Å². The minimum absolute atomic E-state index is 0.114. The molecule has 1 amide bonds. The minimum atomic E-state index is -0.114. The van der Waals surface area contributed by atoms with E-state index >= 15 is 0 Å². The van der Waals surface area contributed by atoms with Crippen molar-refractivity contribution in [3.8, 4) is 0 Å². The number of nitrogens with one attached hydrogen (secondary N) is 2. The first-order chi connectivity index (χ1) is 9.70. The first-order valence-electron chi connectivity index (χ1n) is 6.66. The van der Waals surface area contributed by atoms with Crippen LogP contribution in [0, 0.1) is 13.3 Å². The highest BCUT2D eigenvalue weighted by Gasteiger charge is 2.19. The molecule has 1 saturated carbocycles. The minimum Gasteiger partial charge on any atom is -0.309 e. The summed E-state index contributed by atoms with van der Waals surface area (Å²) in [7, 11) is 0. The Morgan fingerprint density at radius 1 is 1.55 bits per heavy atom. The monoisotopic (exact) mass is 290 g/mol. The van der Waals surface area contributed by atoms with Gasteiger partial charge in [-0.3, -0.25) is 9.89 Å². The predicted octanol–water partition coefficient (Wildman–Crippen LogP) is 2.22. The van der Waals surface area contributed by atoms with Crippen LogP contribution in [0.3, 0.4) is 0 Å². The number of aromatic nitrogens is 4. The van der Waals surface area contributed by atoms with E-state index in [9.17, 15) is 4.79 Å².